The lowest BCUT2D eigenvalue weighted by Crippen LogP contribution is -2.55. The molecule has 2 saturated heterocycles. The third-order valence-corrected chi connectivity index (χ3v) is 12.2. The van der Waals surface area contributed by atoms with Gasteiger partial charge in [0.15, 0.2) is 0 Å². The predicted octanol–water partition coefficient (Wildman–Crippen LogP) is 7.76. The Hall–Kier alpha value is -1.51. The summed E-state index contributed by atoms with van der Waals surface area (Å²) in [6.45, 7) is 25.6. The van der Waals surface area contributed by atoms with Crippen molar-refractivity contribution in [2.24, 2.45) is 23.7 Å². The number of phenolic OH excluding ortho intramolecular Hbond substituents is 1. The second-order valence-electron chi connectivity index (χ2n) is 15.9. The van der Waals surface area contributed by atoms with E-state index in [1.54, 1.807) is 0 Å². The molecule has 7 heteroatoms. The number of aromatic hydroxyl groups is 1. The zero-order chi connectivity index (χ0) is 35.4. The number of carbonyl (C=O) groups excluding carboxylic acids is 1. The van der Waals surface area contributed by atoms with E-state index >= 15 is 0 Å². The smallest absolute Gasteiger partial charge is 0.143 e. The summed E-state index contributed by atoms with van der Waals surface area (Å²) in [6, 6.07) is 4.78. The van der Waals surface area contributed by atoms with Crippen LogP contribution in [0.25, 0.3) is 0 Å². The molecule has 3 rings (SSSR count). The van der Waals surface area contributed by atoms with Crippen LogP contribution in [-0.2, 0) is 27.2 Å². The average molecular weight is 660 g/mol. The van der Waals surface area contributed by atoms with E-state index in [9.17, 15) is 20.1 Å². The molecule has 7 nitrogen and oxygen atoms in total. The number of ether oxygens (including phenoxy) is 2. The lowest BCUT2D eigenvalue weighted by molar-refractivity contribution is -0.229. The van der Waals surface area contributed by atoms with Crippen LogP contribution in [0.15, 0.2) is 12.1 Å². The van der Waals surface area contributed by atoms with Gasteiger partial charge < -0.3 is 24.8 Å². The van der Waals surface area contributed by atoms with Gasteiger partial charge in [-0.25, -0.2) is 0 Å². The lowest BCUT2D eigenvalue weighted by atomic mass is 9.76. The van der Waals surface area contributed by atoms with Crippen LogP contribution in [-0.4, -0.2) is 73.7 Å². The van der Waals surface area contributed by atoms with E-state index < -0.39 is 23.2 Å². The van der Waals surface area contributed by atoms with Crippen LogP contribution >= 0.6 is 0 Å². The summed E-state index contributed by atoms with van der Waals surface area (Å²) in [7, 11) is 0. The monoisotopic (exact) mass is 660 g/mol. The van der Waals surface area contributed by atoms with E-state index in [0.29, 0.717) is 50.1 Å². The highest BCUT2D eigenvalue weighted by Gasteiger charge is 2.55. The van der Waals surface area contributed by atoms with E-state index in [-0.39, 0.29) is 41.8 Å². The molecule has 0 saturated carbocycles. The molecule has 0 spiro atoms. The number of benzene rings is 1. The Kier molecular flexibility index (Phi) is 14.0. The van der Waals surface area contributed by atoms with Gasteiger partial charge in [-0.2, -0.15) is 0 Å². The minimum absolute atomic E-state index is 0.0760. The van der Waals surface area contributed by atoms with E-state index in [0.717, 1.165) is 42.4 Å². The quantitative estimate of drug-likeness (QED) is 0.167. The maximum absolute atomic E-state index is 14.1. The molecule has 0 bridgehead atoms. The van der Waals surface area contributed by atoms with Gasteiger partial charge in [-0.05, 0) is 116 Å². The Morgan fingerprint density at radius 3 is 2.21 bits per heavy atom. The number of hydrogen-bond acceptors (Lipinski definition) is 7. The van der Waals surface area contributed by atoms with Crippen LogP contribution in [0.5, 0.6) is 5.75 Å². The molecule has 2 aliphatic rings. The van der Waals surface area contributed by atoms with Gasteiger partial charge in [0, 0.05) is 36.0 Å². The Balaban J connectivity index is 1.71. The second kappa shape index (κ2) is 16.5. The Morgan fingerprint density at radius 2 is 1.68 bits per heavy atom. The molecule has 0 aliphatic carbocycles. The second-order valence-corrected chi connectivity index (χ2v) is 15.9. The number of aliphatic hydroxyl groups is 2. The number of Topliss-reactive ketones (excluding diaryl/α,β-unsaturated/α-hetero) is 1. The molecule has 2 heterocycles. The highest BCUT2D eigenvalue weighted by molar-refractivity contribution is 5.84. The van der Waals surface area contributed by atoms with Crippen molar-refractivity contribution in [3.05, 3.63) is 28.8 Å². The number of aliphatic hydroxyl groups excluding tert-OH is 1. The fourth-order valence-corrected chi connectivity index (χ4v) is 8.61. The molecule has 2 aliphatic heterocycles. The van der Waals surface area contributed by atoms with Gasteiger partial charge in [-0.3, -0.25) is 9.69 Å². The topological polar surface area (TPSA) is 99.5 Å². The van der Waals surface area contributed by atoms with Gasteiger partial charge in [0.05, 0.1) is 35.6 Å². The first kappa shape index (κ1) is 39.9. The van der Waals surface area contributed by atoms with Gasteiger partial charge >= 0.3 is 0 Å². The molecular weight excluding hydrogens is 590 g/mol. The summed E-state index contributed by atoms with van der Waals surface area (Å²) in [5.74, 6) is -0.300. The SMILES string of the molecule is CC[C@@H](C(=O)[C@@H](C)[C@@H](O)[C@H](C)CCc1ccc(C)c(O)c1CN(C(C)C)C(C)C)[C@H]1O[C@](CC)([C@H]2CC[C@](O)(CC)[C@H](C)O2)C[C@@H]1C. The molecule has 0 amide bonds. The number of nitrogens with zero attached hydrogens (tertiary/aromatic N) is 1. The minimum atomic E-state index is -0.802. The number of ketones is 1. The van der Waals surface area contributed by atoms with Gasteiger partial charge in [0.2, 0.25) is 0 Å². The van der Waals surface area contributed by atoms with Crippen molar-refractivity contribution < 1.29 is 29.6 Å². The van der Waals surface area contributed by atoms with Crippen LogP contribution in [0.2, 0.25) is 0 Å². The van der Waals surface area contributed by atoms with Gasteiger partial charge in [-0.15, -0.1) is 0 Å². The number of phenols is 1. The predicted molar refractivity (Wildman–Crippen MR) is 191 cm³/mol. The molecule has 270 valence electrons. The Bertz CT molecular complexity index is 1160. The zero-order valence-electron chi connectivity index (χ0n) is 31.8. The summed E-state index contributed by atoms with van der Waals surface area (Å²) in [5.41, 5.74) is 1.66. The molecule has 0 radical (unpaired) electrons. The number of carbonyl (C=O) groups is 1. The van der Waals surface area contributed by atoms with Gasteiger partial charge in [-0.1, -0.05) is 53.7 Å². The Labute approximate surface area is 286 Å². The molecule has 1 aromatic carbocycles. The van der Waals surface area contributed by atoms with Crippen LogP contribution in [0.3, 0.4) is 0 Å². The summed E-state index contributed by atoms with van der Waals surface area (Å²) in [4.78, 5) is 16.5. The summed E-state index contributed by atoms with van der Waals surface area (Å²) in [6.07, 6.45) is 4.41. The highest BCUT2D eigenvalue weighted by Crippen LogP contribution is 2.48. The fraction of sp³-hybridized carbons (Fsp3) is 0.825. The molecule has 2 fully saturated rings. The minimum Gasteiger partial charge on any atom is -0.507 e. The molecule has 0 unspecified atom stereocenters. The third-order valence-electron chi connectivity index (χ3n) is 12.2. The van der Waals surface area contributed by atoms with Crippen LogP contribution in [0.1, 0.15) is 138 Å². The van der Waals surface area contributed by atoms with Crippen molar-refractivity contribution in [3.63, 3.8) is 0 Å². The maximum Gasteiger partial charge on any atom is 0.143 e. The van der Waals surface area contributed by atoms with E-state index in [1.165, 1.54) is 0 Å². The van der Waals surface area contributed by atoms with Crippen LogP contribution in [0, 0.1) is 30.6 Å². The van der Waals surface area contributed by atoms with Crippen LogP contribution < -0.4 is 0 Å². The maximum atomic E-state index is 14.1. The molecule has 0 aromatic heterocycles. The molecule has 1 aromatic rings. The van der Waals surface area contributed by atoms with Gasteiger partial charge in [0.1, 0.15) is 11.5 Å². The first-order valence-corrected chi connectivity index (χ1v) is 18.8. The third kappa shape index (κ3) is 8.63. The van der Waals surface area contributed by atoms with Crippen molar-refractivity contribution in [2.75, 3.05) is 0 Å². The summed E-state index contributed by atoms with van der Waals surface area (Å²) < 4.78 is 13.4. The average Bonchev–Trinajstić information content (AvgIpc) is 3.38. The highest BCUT2D eigenvalue weighted by atomic mass is 16.6. The number of rotatable bonds is 16. The fourth-order valence-electron chi connectivity index (χ4n) is 8.61. The van der Waals surface area contributed by atoms with Crippen molar-refractivity contribution in [2.45, 2.75) is 189 Å². The molecule has 10 atom stereocenters. The van der Waals surface area contributed by atoms with E-state index in [4.69, 9.17) is 9.47 Å². The summed E-state index contributed by atoms with van der Waals surface area (Å²) in [5, 5.41) is 33.6. The molecule has 3 N–H and O–H groups in total. The zero-order valence-corrected chi connectivity index (χ0v) is 31.8. The molecular formula is C40H69NO6. The Morgan fingerprint density at radius 1 is 1.04 bits per heavy atom. The van der Waals surface area contributed by atoms with Gasteiger partial charge in [0.25, 0.3) is 0 Å². The van der Waals surface area contributed by atoms with Crippen molar-refractivity contribution >= 4 is 5.78 Å². The van der Waals surface area contributed by atoms with E-state index in [1.807, 2.05) is 40.7 Å². The van der Waals surface area contributed by atoms with E-state index in [2.05, 4.69) is 59.4 Å². The normalized spacial score (nSPS) is 31.0. The lowest BCUT2D eigenvalue weighted by Gasteiger charge is -2.47. The standard InChI is InChI=1S/C40H69NO6/c1-13-32(38-28(10)22-40(15-3,47-38)34-20-21-39(45,14-2)30(12)46-34)37(44)29(11)35(42)26(8)16-18-31-19-17-27(9)36(43)33(31)23-41(24(4)5)25(6)7/h17,19,24-26,28-30,32,34-35,38,42-43,45H,13-16,18,20-23H2,1-12H3/t26-,28+,29+,30+,32+,34-,35+,38+,39-,40+/m1/s1. The number of hydrogen-bond donors (Lipinski definition) is 3. The summed E-state index contributed by atoms with van der Waals surface area (Å²) >= 11 is 0. The largest absolute Gasteiger partial charge is 0.507 e. The first-order valence-electron chi connectivity index (χ1n) is 18.8. The molecule has 47 heavy (non-hydrogen) atoms. The van der Waals surface area contributed by atoms with Crippen molar-refractivity contribution in [1.82, 2.24) is 4.90 Å². The number of aryl methyl sites for hydroxylation is 2. The first-order chi connectivity index (χ1) is 22.0. The van der Waals surface area contributed by atoms with Crippen molar-refractivity contribution in [1.29, 1.82) is 0 Å². The van der Waals surface area contributed by atoms with Crippen LogP contribution in [0.4, 0.5) is 0 Å². The van der Waals surface area contributed by atoms with Crippen molar-refractivity contribution in [3.8, 4) is 5.75 Å².